The first-order valence-corrected chi connectivity index (χ1v) is 22.7. The molecule has 5 aromatic rings. The lowest BCUT2D eigenvalue weighted by atomic mass is 9.72. The predicted octanol–water partition coefficient (Wildman–Crippen LogP) is 8.94. The van der Waals surface area contributed by atoms with Crippen LogP contribution in [0.1, 0.15) is 66.6 Å². The van der Waals surface area contributed by atoms with E-state index in [0.717, 1.165) is 54.0 Å². The molecule has 18 heteroatoms. The van der Waals surface area contributed by atoms with Crippen molar-refractivity contribution in [2.45, 2.75) is 57.5 Å². The van der Waals surface area contributed by atoms with Gasteiger partial charge in [0.1, 0.15) is 22.8 Å². The van der Waals surface area contributed by atoms with Crippen molar-refractivity contribution in [3.63, 3.8) is 0 Å². The number of rotatable bonds is 13. The monoisotopic (exact) mass is 901 g/mol. The van der Waals surface area contributed by atoms with Crippen molar-refractivity contribution in [2.24, 2.45) is 11.3 Å². The molecule has 0 spiro atoms. The van der Waals surface area contributed by atoms with Crippen LogP contribution in [0.3, 0.4) is 0 Å². The molecule has 14 nitrogen and oxygen atoms in total. The van der Waals surface area contributed by atoms with Crippen molar-refractivity contribution in [3.8, 4) is 11.5 Å². The van der Waals surface area contributed by atoms with Crippen LogP contribution in [-0.4, -0.2) is 86.6 Å². The molecule has 0 saturated carbocycles. The van der Waals surface area contributed by atoms with E-state index in [9.17, 15) is 36.5 Å². The Bertz CT molecular complexity index is 2720. The number of carbonyl (C=O) groups excluding carboxylic acids is 1. The van der Waals surface area contributed by atoms with Gasteiger partial charge in [0.2, 0.25) is 0 Å². The van der Waals surface area contributed by atoms with Gasteiger partial charge in [0.15, 0.2) is 0 Å². The number of hydrogen-bond acceptors (Lipinski definition) is 11. The van der Waals surface area contributed by atoms with Gasteiger partial charge in [0.05, 0.1) is 33.7 Å². The summed E-state index contributed by atoms with van der Waals surface area (Å²) in [5, 5.41) is 15.8. The number of alkyl halides is 3. The van der Waals surface area contributed by atoms with E-state index < -0.39 is 43.2 Å². The lowest BCUT2D eigenvalue weighted by Crippen LogP contribution is -2.47. The van der Waals surface area contributed by atoms with E-state index in [1.165, 1.54) is 42.1 Å². The van der Waals surface area contributed by atoms with Gasteiger partial charge in [-0.05, 0) is 103 Å². The predicted molar refractivity (Wildman–Crippen MR) is 237 cm³/mol. The molecule has 338 valence electrons. The highest BCUT2D eigenvalue weighted by atomic mass is 32.2. The van der Waals surface area contributed by atoms with Crippen LogP contribution >= 0.6 is 0 Å². The van der Waals surface area contributed by atoms with Gasteiger partial charge in [0, 0.05) is 81.2 Å². The number of nitrogens with one attached hydrogen (secondary N) is 3. The van der Waals surface area contributed by atoms with Crippen LogP contribution in [0.25, 0.3) is 16.6 Å². The molecule has 3 aromatic carbocycles. The smallest absolute Gasteiger partial charge is 0.416 e. The fraction of sp³-hybridized carbons (Fsp3) is 0.391. The molecule has 8 rings (SSSR count). The lowest BCUT2D eigenvalue weighted by molar-refractivity contribution is -0.384. The van der Waals surface area contributed by atoms with Crippen molar-refractivity contribution >= 4 is 49.6 Å². The Hall–Kier alpha value is -5.98. The van der Waals surface area contributed by atoms with Crippen LogP contribution in [0, 0.1) is 28.4 Å². The quantitative estimate of drug-likeness (QED) is 0.0761. The maximum absolute atomic E-state index is 13.9. The maximum atomic E-state index is 13.9. The number of hydrogen-bond donors (Lipinski definition) is 3. The highest BCUT2D eigenvalue weighted by Gasteiger charge is 2.34. The zero-order valence-electron chi connectivity index (χ0n) is 35.8. The Morgan fingerprint density at radius 1 is 1.06 bits per heavy atom. The number of carbonyl (C=O) groups is 1. The second kappa shape index (κ2) is 17.9. The molecule has 1 aliphatic carbocycles. The topological polar surface area (TPSA) is 172 Å². The average Bonchev–Trinajstić information content (AvgIpc) is 3.96. The first-order chi connectivity index (χ1) is 30.4. The Morgan fingerprint density at radius 3 is 2.58 bits per heavy atom. The normalized spacial score (nSPS) is 18.3. The van der Waals surface area contributed by atoms with Crippen molar-refractivity contribution < 1.29 is 40.8 Å². The summed E-state index contributed by atoms with van der Waals surface area (Å²) in [5.74, 6) is -0.470. The number of allylic oxidation sites excluding steroid dienone is 1. The maximum Gasteiger partial charge on any atom is 0.416 e. The highest BCUT2D eigenvalue weighted by Crippen LogP contribution is 2.45. The summed E-state index contributed by atoms with van der Waals surface area (Å²) in [6, 6.07) is 15.9. The fourth-order valence-electron chi connectivity index (χ4n) is 8.70. The van der Waals surface area contributed by atoms with Crippen molar-refractivity contribution in [1.29, 1.82) is 0 Å². The minimum absolute atomic E-state index is 0.0118. The summed E-state index contributed by atoms with van der Waals surface area (Å²) in [5.41, 5.74) is 4.14. The Morgan fingerprint density at radius 2 is 1.86 bits per heavy atom. The first kappa shape index (κ1) is 44.6. The number of benzene rings is 3. The van der Waals surface area contributed by atoms with Gasteiger partial charge >= 0.3 is 6.18 Å². The SMILES string of the molecule is Cc1cc(C(F)(F)F)ccc1C1=C(CN2CCN(c3ccc(C(=O)NS(=O)(=O)c4ccc(NCC5CCOC5)c([N+](=O)[O-])c4)c(Oc4cnc5[nH]ccc5c4)c3)CC2)CCC(C)(C)C1. The lowest BCUT2D eigenvalue weighted by Gasteiger charge is -2.39. The second-order valence-electron chi connectivity index (χ2n) is 17.6. The van der Waals surface area contributed by atoms with Gasteiger partial charge in [-0.15, -0.1) is 0 Å². The van der Waals surface area contributed by atoms with Crippen LogP contribution in [0.5, 0.6) is 11.5 Å². The minimum Gasteiger partial charge on any atom is -0.455 e. The molecule has 1 unspecified atom stereocenters. The highest BCUT2D eigenvalue weighted by molar-refractivity contribution is 7.90. The Balaban J connectivity index is 1.01. The number of aromatic nitrogens is 2. The largest absolute Gasteiger partial charge is 0.455 e. The number of nitro groups is 1. The van der Waals surface area contributed by atoms with E-state index in [0.29, 0.717) is 69.4 Å². The molecule has 2 fully saturated rings. The number of sulfonamides is 1. The van der Waals surface area contributed by atoms with E-state index in [1.54, 1.807) is 37.4 Å². The number of amides is 1. The Labute approximate surface area is 369 Å². The third-order valence-electron chi connectivity index (χ3n) is 12.3. The molecule has 0 radical (unpaired) electrons. The van der Waals surface area contributed by atoms with Gasteiger partial charge in [-0.2, -0.15) is 13.2 Å². The molecule has 2 aromatic heterocycles. The van der Waals surface area contributed by atoms with Gasteiger partial charge in [-0.3, -0.25) is 19.8 Å². The number of aromatic amines is 1. The number of halogens is 3. The van der Waals surface area contributed by atoms with Gasteiger partial charge in [0.25, 0.3) is 21.6 Å². The van der Waals surface area contributed by atoms with E-state index >= 15 is 0 Å². The number of piperazine rings is 1. The van der Waals surface area contributed by atoms with Gasteiger partial charge in [-0.25, -0.2) is 18.1 Å². The molecular formula is C46H50F3N7O7S. The number of nitrogens with zero attached hydrogens (tertiary/aromatic N) is 4. The van der Waals surface area contributed by atoms with E-state index in [-0.39, 0.29) is 28.3 Å². The fourth-order valence-corrected chi connectivity index (χ4v) is 9.69. The number of nitro benzene ring substituents is 1. The first-order valence-electron chi connectivity index (χ1n) is 21.2. The van der Waals surface area contributed by atoms with Gasteiger partial charge in [-0.1, -0.05) is 25.5 Å². The van der Waals surface area contributed by atoms with Crippen LogP contribution < -0.4 is 19.7 Å². The number of fused-ring (bicyclic) bond motifs is 1. The Kier molecular flexibility index (Phi) is 12.5. The third kappa shape index (κ3) is 10.0. The molecule has 1 amide bonds. The average molecular weight is 902 g/mol. The zero-order valence-corrected chi connectivity index (χ0v) is 36.6. The zero-order chi connectivity index (χ0) is 45.4. The van der Waals surface area contributed by atoms with Crippen LogP contribution in [0.15, 0.2) is 89.6 Å². The number of anilines is 2. The summed E-state index contributed by atoms with van der Waals surface area (Å²) in [4.78, 5) is 36.7. The number of H-pyrrole nitrogens is 1. The van der Waals surface area contributed by atoms with E-state index in [2.05, 4.69) is 43.7 Å². The van der Waals surface area contributed by atoms with E-state index in [1.807, 2.05) is 6.07 Å². The molecule has 4 heterocycles. The van der Waals surface area contributed by atoms with Crippen molar-refractivity contribution in [1.82, 2.24) is 19.6 Å². The summed E-state index contributed by atoms with van der Waals surface area (Å²) >= 11 is 0. The molecule has 64 heavy (non-hydrogen) atoms. The second-order valence-corrected chi connectivity index (χ2v) is 19.2. The number of aryl methyl sites for hydroxylation is 1. The standard InChI is InChI=1S/C46H50F3N7O7S/c1-29-20-33(46(47,48)49)4-7-37(29)39-24-45(2,3)13-10-32(39)27-54-15-17-55(18-16-54)34-5-8-38(42(22-34)63-35-21-31-11-14-50-43(31)52-26-35)44(57)53-64(60,61)36-6-9-40(41(23-36)56(58)59)51-25-30-12-19-62-28-30/h4-9,11,14,20-23,26,30,51H,10,12-13,15-19,24-25,27-28H2,1-3H3,(H,50,52)(H,53,57). The molecule has 2 aliphatic heterocycles. The van der Waals surface area contributed by atoms with Crippen LogP contribution in [0.2, 0.25) is 0 Å². The molecule has 1 atom stereocenters. The molecule has 3 N–H and O–H groups in total. The molecule has 2 saturated heterocycles. The van der Waals surface area contributed by atoms with Crippen LogP contribution in [0.4, 0.5) is 30.2 Å². The summed E-state index contributed by atoms with van der Waals surface area (Å²) in [6.07, 6.45) is 2.20. The van der Waals surface area contributed by atoms with E-state index in [4.69, 9.17) is 9.47 Å². The summed E-state index contributed by atoms with van der Waals surface area (Å²) in [7, 11) is -4.60. The van der Waals surface area contributed by atoms with Crippen molar-refractivity contribution in [3.05, 3.63) is 117 Å². The van der Waals surface area contributed by atoms with Crippen molar-refractivity contribution in [2.75, 3.05) is 62.7 Å². The molecular weight excluding hydrogens is 852 g/mol. The summed E-state index contributed by atoms with van der Waals surface area (Å²) in [6.45, 7) is 11.0. The molecule has 0 bridgehead atoms. The van der Waals surface area contributed by atoms with Gasteiger partial charge < -0.3 is 24.7 Å². The minimum atomic E-state index is -4.60. The molecule has 3 aliphatic rings. The third-order valence-corrected chi connectivity index (χ3v) is 13.7. The summed E-state index contributed by atoms with van der Waals surface area (Å²) < 4.78 is 81.6. The number of pyridine rings is 1. The number of ether oxygens (including phenoxy) is 2. The van der Waals surface area contributed by atoms with Crippen LogP contribution in [-0.2, 0) is 20.9 Å².